The van der Waals surface area contributed by atoms with E-state index in [-0.39, 0.29) is 0 Å². The molecular weight excluding hydrogens is 272 g/mol. The molecule has 1 fully saturated rings. The van der Waals surface area contributed by atoms with E-state index < -0.39 is 5.60 Å². The minimum Gasteiger partial charge on any atom is -0.388 e. The second-order valence-electron chi connectivity index (χ2n) is 6.48. The fourth-order valence-electron chi connectivity index (χ4n) is 2.57. The molecule has 4 heteroatoms. The Morgan fingerprint density at radius 1 is 1.45 bits per heavy atom. The van der Waals surface area contributed by atoms with Crippen molar-refractivity contribution in [2.24, 2.45) is 5.92 Å². The van der Waals surface area contributed by atoms with E-state index in [9.17, 15) is 5.11 Å². The highest BCUT2D eigenvalue weighted by Crippen LogP contribution is 2.32. The van der Waals surface area contributed by atoms with Gasteiger partial charge in [-0.05, 0) is 43.5 Å². The summed E-state index contributed by atoms with van der Waals surface area (Å²) in [6.45, 7) is 9.63. The number of nitrogens with one attached hydrogen (secondary N) is 1. The van der Waals surface area contributed by atoms with Crippen molar-refractivity contribution >= 4 is 17.3 Å². The van der Waals surface area contributed by atoms with Gasteiger partial charge in [-0.3, -0.25) is 0 Å². The van der Waals surface area contributed by atoms with Crippen LogP contribution in [0.5, 0.6) is 0 Å². The number of benzene rings is 1. The van der Waals surface area contributed by atoms with Crippen molar-refractivity contribution in [3.63, 3.8) is 0 Å². The molecule has 1 atom stereocenters. The van der Waals surface area contributed by atoms with Gasteiger partial charge in [0.2, 0.25) is 0 Å². The van der Waals surface area contributed by atoms with Gasteiger partial charge in [-0.1, -0.05) is 31.5 Å². The van der Waals surface area contributed by atoms with Gasteiger partial charge in [0, 0.05) is 19.6 Å². The number of β-amino-alcohol motifs (C(OH)–C–C–N with tert-alkyl or cyclic N) is 1. The van der Waals surface area contributed by atoms with E-state index in [0.717, 1.165) is 36.8 Å². The normalized spacial score (nSPS) is 22.8. The monoisotopic (exact) mass is 296 g/mol. The lowest BCUT2D eigenvalue weighted by molar-refractivity contribution is 0.0839. The van der Waals surface area contributed by atoms with E-state index in [1.807, 2.05) is 13.0 Å². The maximum absolute atomic E-state index is 10.0. The van der Waals surface area contributed by atoms with E-state index >= 15 is 0 Å². The van der Waals surface area contributed by atoms with Crippen molar-refractivity contribution < 1.29 is 5.11 Å². The molecule has 1 unspecified atom stereocenters. The van der Waals surface area contributed by atoms with Crippen LogP contribution in [0.2, 0.25) is 5.02 Å². The Morgan fingerprint density at radius 3 is 2.75 bits per heavy atom. The van der Waals surface area contributed by atoms with Gasteiger partial charge in [-0.2, -0.15) is 0 Å². The van der Waals surface area contributed by atoms with Gasteiger partial charge in [0.25, 0.3) is 0 Å². The highest BCUT2D eigenvalue weighted by molar-refractivity contribution is 6.33. The smallest absolute Gasteiger partial charge is 0.0810 e. The Labute approximate surface area is 126 Å². The van der Waals surface area contributed by atoms with Crippen molar-refractivity contribution in [1.82, 2.24) is 5.32 Å². The molecule has 0 radical (unpaired) electrons. The minimum absolute atomic E-state index is 0.596. The standard InChI is InChI=1S/C16H25ClN2O/c1-12(2)9-18-10-13-4-5-15(14(17)8-13)19-7-6-16(3,20)11-19/h4-5,8,12,18,20H,6-7,9-11H2,1-3H3. The van der Waals surface area contributed by atoms with Crippen molar-refractivity contribution in [3.05, 3.63) is 28.8 Å². The number of aliphatic hydroxyl groups is 1. The van der Waals surface area contributed by atoms with Crippen LogP contribution in [0.1, 0.15) is 32.8 Å². The van der Waals surface area contributed by atoms with Crippen LogP contribution in [0.4, 0.5) is 5.69 Å². The predicted molar refractivity (Wildman–Crippen MR) is 85.5 cm³/mol. The number of anilines is 1. The molecule has 0 spiro atoms. The number of halogens is 1. The van der Waals surface area contributed by atoms with Gasteiger partial charge in [-0.25, -0.2) is 0 Å². The number of hydrogen-bond acceptors (Lipinski definition) is 3. The Kier molecular flexibility index (Phi) is 4.95. The van der Waals surface area contributed by atoms with E-state index in [0.29, 0.717) is 12.5 Å². The molecule has 2 N–H and O–H groups in total. The third-order valence-corrected chi connectivity index (χ3v) is 3.99. The summed E-state index contributed by atoms with van der Waals surface area (Å²) in [5.74, 6) is 0.650. The lowest BCUT2D eigenvalue weighted by atomic mass is 10.1. The zero-order valence-electron chi connectivity index (χ0n) is 12.6. The number of hydrogen-bond donors (Lipinski definition) is 2. The van der Waals surface area contributed by atoms with Crippen molar-refractivity contribution in [1.29, 1.82) is 0 Å². The summed E-state index contributed by atoms with van der Waals surface area (Å²) in [6, 6.07) is 6.20. The third-order valence-electron chi connectivity index (χ3n) is 3.69. The summed E-state index contributed by atoms with van der Waals surface area (Å²) in [5.41, 5.74) is 1.63. The minimum atomic E-state index is -0.596. The summed E-state index contributed by atoms with van der Waals surface area (Å²) >= 11 is 6.39. The topological polar surface area (TPSA) is 35.5 Å². The van der Waals surface area contributed by atoms with Gasteiger partial charge >= 0.3 is 0 Å². The van der Waals surface area contributed by atoms with E-state index in [1.54, 1.807) is 0 Å². The molecule has 0 amide bonds. The summed E-state index contributed by atoms with van der Waals surface area (Å²) in [5, 5.41) is 14.2. The summed E-state index contributed by atoms with van der Waals surface area (Å²) in [4.78, 5) is 2.16. The molecular formula is C16H25ClN2O. The molecule has 1 aromatic carbocycles. The average Bonchev–Trinajstić information content (AvgIpc) is 2.69. The van der Waals surface area contributed by atoms with Crippen molar-refractivity contribution in [2.75, 3.05) is 24.5 Å². The molecule has 1 aliphatic rings. The van der Waals surface area contributed by atoms with E-state index in [4.69, 9.17) is 11.6 Å². The Bertz CT molecular complexity index is 460. The van der Waals surface area contributed by atoms with Gasteiger partial charge in [0.15, 0.2) is 0 Å². The second kappa shape index (κ2) is 6.33. The second-order valence-corrected chi connectivity index (χ2v) is 6.89. The molecule has 20 heavy (non-hydrogen) atoms. The molecule has 0 aliphatic carbocycles. The van der Waals surface area contributed by atoms with Crippen LogP contribution >= 0.6 is 11.6 Å². The van der Waals surface area contributed by atoms with Crippen molar-refractivity contribution in [3.8, 4) is 0 Å². The maximum Gasteiger partial charge on any atom is 0.0810 e. The molecule has 3 nitrogen and oxygen atoms in total. The zero-order valence-corrected chi connectivity index (χ0v) is 13.4. The van der Waals surface area contributed by atoms with E-state index in [2.05, 4.69) is 36.2 Å². The van der Waals surface area contributed by atoms with Crippen LogP contribution in [0, 0.1) is 5.92 Å². The third kappa shape index (κ3) is 4.11. The van der Waals surface area contributed by atoms with Crippen LogP contribution in [-0.2, 0) is 6.54 Å². The highest BCUT2D eigenvalue weighted by atomic mass is 35.5. The van der Waals surface area contributed by atoms with Crippen LogP contribution < -0.4 is 10.2 Å². The Balaban J connectivity index is 1.99. The molecule has 0 bridgehead atoms. The van der Waals surface area contributed by atoms with E-state index in [1.165, 1.54) is 5.56 Å². The largest absolute Gasteiger partial charge is 0.388 e. The molecule has 1 aromatic rings. The molecule has 1 saturated heterocycles. The number of rotatable bonds is 5. The first-order valence-electron chi connectivity index (χ1n) is 7.34. The molecule has 0 aromatic heterocycles. The van der Waals surface area contributed by atoms with Crippen molar-refractivity contribution in [2.45, 2.75) is 39.3 Å². The maximum atomic E-state index is 10.0. The first-order chi connectivity index (χ1) is 9.37. The summed E-state index contributed by atoms with van der Waals surface area (Å²) in [7, 11) is 0. The fourth-order valence-corrected chi connectivity index (χ4v) is 2.90. The highest BCUT2D eigenvalue weighted by Gasteiger charge is 2.32. The van der Waals surface area contributed by atoms with Gasteiger partial charge in [0.1, 0.15) is 0 Å². The zero-order chi connectivity index (χ0) is 14.8. The predicted octanol–water partition coefficient (Wildman–Crippen LogP) is 3.05. The molecule has 1 heterocycles. The summed E-state index contributed by atoms with van der Waals surface area (Å²) < 4.78 is 0. The Hall–Kier alpha value is -0.770. The van der Waals surface area contributed by atoms with Gasteiger partial charge in [0.05, 0.1) is 16.3 Å². The quantitative estimate of drug-likeness (QED) is 0.877. The first-order valence-corrected chi connectivity index (χ1v) is 7.72. The van der Waals surface area contributed by atoms with Crippen LogP contribution in [-0.4, -0.2) is 30.3 Å². The molecule has 112 valence electrons. The fraction of sp³-hybridized carbons (Fsp3) is 0.625. The first kappa shape index (κ1) is 15.6. The average molecular weight is 297 g/mol. The van der Waals surface area contributed by atoms with Crippen LogP contribution in [0.3, 0.4) is 0 Å². The number of nitrogens with zero attached hydrogens (tertiary/aromatic N) is 1. The summed E-state index contributed by atoms with van der Waals surface area (Å²) in [6.07, 6.45) is 0.793. The lowest BCUT2D eigenvalue weighted by Gasteiger charge is -2.22. The van der Waals surface area contributed by atoms with Gasteiger partial charge in [-0.15, -0.1) is 0 Å². The molecule has 2 rings (SSSR count). The van der Waals surface area contributed by atoms with Gasteiger partial charge < -0.3 is 15.3 Å². The Morgan fingerprint density at radius 2 is 2.20 bits per heavy atom. The molecule has 1 aliphatic heterocycles. The van der Waals surface area contributed by atoms with Crippen LogP contribution in [0.25, 0.3) is 0 Å². The lowest BCUT2D eigenvalue weighted by Crippen LogP contribution is -2.29. The molecule has 0 saturated carbocycles. The SMILES string of the molecule is CC(C)CNCc1ccc(N2CCC(C)(O)C2)c(Cl)c1. The van der Waals surface area contributed by atoms with Crippen LogP contribution in [0.15, 0.2) is 18.2 Å².